The summed E-state index contributed by atoms with van der Waals surface area (Å²) in [7, 11) is -2.56. The highest BCUT2D eigenvalue weighted by Gasteiger charge is 2.27. The Kier molecular flexibility index (Phi) is 8.72. The Hall–Kier alpha value is -3.80. The van der Waals surface area contributed by atoms with Gasteiger partial charge in [-0.05, 0) is 48.4 Å². The maximum atomic E-state index is 13.3. The molecule has 1 fully saturated rings. The molecule has 0 saturated carbocycles. The molecule has 0 bridgehead atoms. The Balaban J connectivity index is 1.53. The number of ether oxygens (including phenoxy) is 2. The monoisotopic (exact) mass is 541 g/mol. The molecule has 0 radical (unpaired) electrons. The van der Waals surface area contributed by atoms with Crippen molar-refractivity contribution in [3.05, 3.63) is 89.7 Å². The van der Waals surface area contributed by atoms with Crippen molar-refractivity contribution < 1.29 is 31.9 Å². The van der Waals surface area contributed by atoms with Crippen molar-refractivity contribution in [3.8, 4) is 5.75 Å². The van der Waals surface area contributed by atoms with Gasteiger partial charge >= 0.3 is 0 Å². The van der Waals surface area contributed by atoms with Crippen molar-refractivity contribution in [3.63, 3.8) is 0 Å². The minimum Gasteiger partial charge on any atom is -0.495 e. The summed E-state index contributed by atoms with van der Waals surface area (Å²) in [5, 5.41) is 5.43. The second-order valence-electron chi connectivity index (χ2n) is 8.76. The summed E-state index contributed by atoms with van der Waals surface area (Å²) in [6.45, 7) is 0.777. The Morgan fingerprint density at radius 2 is 1.82 bits per heavy atom. The largest absolute Gasteiger partial charge is 0.495 e. The zero-order chi connectivity index (χ0) is 27.1. The van der Waals surface area contributed by atoms with Crippen molar-refractivity contribution >= 4 is 27.5 Å². The highest BCUT2D eigenvalue weighted by Crippen LogP contribution is 2.28. The molecule has 2 atom stereocenters. The van der Waals surface area contributed by atoms with Crippen LogP contribution in [0.4, 0.5) is 10.1 Å². The third-order valence-corrected chi connectivity index (χ3v) is 7.54. The molecular weight excluding hydrogens is 513 g/mol. The van der Waals surface area contributed by atoms with Crippen LogP contribution in [0.5, 0.6) is 5.75 Å². The van der Waals surface area contributed by atoms with Gasteiger partial charge in [0, 0.05) is 36.4 Å². The van der Waals surface area contributed by atoms with Crippen molar-refractivity contribution in [2.75, 3.05) is 25.6 Å². The lowest BCUT2D eigenvalue weighted by Crippen LogP contribution is -2.45. The number of carbonyl (C=O) groups excluding carboxylic acids is 2. The standard InChI is InChI=1S/C27H28FN3O6S/c1-36-24-16-21(11-12-25(24)38(34,35)31-22-13-14-37-17-22)29-27(33)23(15-18-5-3-2-4-6-18)30-26(32)19-7-9-20(28)10-8-19/h2-12,16,22-23,31H,13-15,17H2,1H3,(H,29,33)(H,30,32)/t22-,23-/m0/s1. The zero-order valence-corrected chi connectivity index (χ0v) is 21.5. The Morgan fingerprint density at radius 3 is 2.47 bits per heavy atom. The lowest BCUT2D eigenvalue weighted by atomic mass is 10.0. The van der Waals surface area contributed by atoms with E-state index in [4.69, 9.17) is 9.47 Å². The third kappa shape index (κ3) is 6.94. The van der Waals surface area contributed by atoms with E-state index in [0.29, 0.717) is 19.6 Å². The smallest absolute Gasteiger partial charge is 0.251 e. The molecule has 3 N–H and O–H groups in total. The number of sulfonamides is 1. The highest BCUT2D eigenvalue weighted by atomic mass is 32.2. The van der Waals surface area contributed by atoms with Crippen molar-refractivity contribution in [2.24, 2.45) is 0 Å². The fourth-order valence-electron chi connectivity index (χ4n) is 4.01. The summed E-state index contributed by atoms with van der Waals surface area (Å²) >= 11 is 0. The van der Waals surface area contributed by atoms with Crippen LogP contribution in [-0.2, 0) is 26.0 Å². The van der Waals surface area contributed by atoms with E-state index in [1.807, 2.05) is 30.3 Å². The summed E-state index contributed by atoms with van der Waals surface area (Å²) in [6.07, 6.45) is 0.763. The Labute approximate surface area is 220 Å². The van der Waals surface area contributed by atoms with E-state index in [-0.39, 0.29) is 34.4 Å². The van der Waals surface area contributed by atoms with Gasteiger partial charge in [-0.15, -0.1) is 0 Å². The number of methoxy groups -OCH3 is 1. The SMILES string of the molecule is COc1cc(NC(=O)[C@H](Cc2ccccc2)NC(=O)c2ccc(F)cc2)ccc1S(=O)(=O)N[C@H]1CCOC1. The summed E-state index contributed by atoms with van der Waals surface area (Å²) in [5.41, 5.74) is 1.30. The topological polar surface area (TPSA) is 123 Å². The predicted molar refractivity (Wildman–Crippen MR) is 139 cm³/mol. The van der Waals surface area contributed by atoms with E-state index < -0.39 is 33.7 Å². The van der Waals surface area contributed by atoms with E-state index in [1.165, 1.54) is 37.4 Å². The summed E-state index contributed by atoms with van der Waals surface area (Å²) in [4.78, 5) is 26.0. The van der Waals surface area contributed by atoms with Crippen LogP contribution in [0.15, 0.2) is 77.7 Å². The molecule has 11 heteroatoms. The molecule has 0 unspecified atom stereocenters. The zero-order valence-electron chi connectivity index (χ0n) is 20.6. The average molecular weight is 542 g/mol. The van der Waals surface area contributed by atoms with E-state index in [2.05, 4.69) is 15.4 Å². The molecule has 2 amide bonds. The molecule has 1 saturated heterocycles. The molecule has 0 aromatic heterocycles. The van der Waals surface area contributed by atoms with Crippen molar-refractivity contribution in [1.82, 2.24) is 10.0 Å². The lowest BCUT2D eigenvalue weighted by Gasteiger charge is -2.20. The molecule has 200 valence electrons. The molecule has 9 nitrogen and oxygen atoms in total. The van der Waals surface area contributed by atoms with Crippen LogP contribution in [0.1, 0.15) is 22.3 Å². The minimum absolute atomic E-state index is 0.0455. The molecule has 3 aromatic rings. The first-order valence-electron chi connectivity index (χ1n) is 11.9. The van der Waals surface area contributed by atoms with Gasteiger partial charge in [-0.1, -0.05) is 30.3 Å². The van der Waals surface area contributed by atoms with Crippen LogP contribution >= 0.6 is 0 Å². The van der Waals surface area contributed by atoms with E-state index in [9.17, 15) is 22.4 Å². The van der Waals surface area contributed by atoms with Gasteiger partial charge in [0.2, 0.25) is 15.9 Å². The lowest BCUT2D eigenvalue weighted by molar-refractivity contribution is -0.118. The molecule has 0 spiro atoms. The number of anilines is 1. The fraction of sp³-hybridized carbons (Fsp3) is 0.259. The number of hydrogen-bond donors (Lipinski definition) is 3. The second kappa shape index (κ2) is 12.2. The number of carbonyl (C=O) groups is 2. The normalized spacial score (nSPS) is 16.0. The first-order valence-corrected chi connectivity index (χ1v) is 13.4. The number of hydrogen-bond acceptors (Lipinski definition) is 6. The molecule has 3 aromatic carbocycles. The van der Waals surface area contributed by atoms with Crippen LogP contribution in [0.25, 0.3) is 0 Å². The molecule has 38 heavy (non-hydrogen) atoms. The van der Waals surface area contributed by atoms with Crippen LogP contribution < -0.4 is 20.1 Å². The first kappa shape index (κ1) is 27.2. The quantitative estimate of drug-likeness (QED) is 0.363. The number of halogens is 1. The predicted octanol–water partition coefficient (Wildman–Crippen LogP) is 2.88. The van der Waals surface area contributed by atoms with Gasteiger partial charge in [0.15, 0.2) is 0 Å². The molecule has 4 rings (SSSR count). The molecule has 1 aliphatic heterocycles. The Morgan fingerprint density at radius 1 is 1.08 bits per heavy atom. The van der Waals surface area contributed by atoms with Crippen molar-refractivity contribution in [2.45, 2.75) is 29.8 Å². The maximum absolute atomic E-state index is 13.3. The number of benzene rings is 3. The average Bonchev–Trinajstić information content (AvgIpc) is 3.41. The first-order chi connectivity index (χ1) is 18.2. The van der Waals surface area contributed by atoms with Gasteiger partial charge in [0.05, 0.1) is 13.7 Å². The molecular formula is C27H28FN3O6S. The van der Waals surface area contributed by atoms with E-state index in [1.54, 1.807) is 0 Å². The number of nitrogens with one attached hydrogen (secondary N) is 3. The number of rotatable bonds is 10. The molecule has 0 aliphatic carbocycles. The van der Waals surface area contributed by atoms with Crippen LogP contribution in [0, 0.1) is 5.82 Å². The van der Waals surface area contributed by atoms with Crippen LogP contribution in [-0.4, -0.2) is 52.6 Å². The third-order valence-electron chi connectivity index (χ3n) is 5.98. The van der Waals surface area contributed by atoms with Gasteiger partial charge in [0.25, 0.3) is 5.91 Å². The van der Waals surface area contributed by atoms with Crippen LogP contribution in [0.2, 0.25) is 0 Å². The van der Waals surface area contributed by atoms with E-state index >= 15 is 0 Å². The highest BCUT2D eigenvalue weighted by molar-refractivity contribution is 7.89. The Bertz CT molecular complexity index is 1380. The summed E-state index contributed by atoms with van der Waals surface area (Å²) < 4.78 is 52.2. The van der Waals surface area contributed by atoms with E-state index in [0.717, 1.165) is 17.7 Å². The molecule has 1 aliphatic rings. The van der Waals surface area contributed by atoms with Crippen molar-refractivity contribution in [1.29, 1.82) is 0 Å². The van der Waals surface area contributed by atoms with Gasteiger partial charge in [0.1, 0.15) is 22.5 Å². The van der Waals surface area contributed by atoms with Gasteiger partial charge in [-0.3, -0.25) is 9.59 Å². The fourth-order valence-corrected chi connectivity index (χ4v) is 5.42. The maximum Gasteiger partial charge on any atom is 0.251 e. The number of amides is 2. The van der Waals surface area contributed by atoms with Crippen LogP contribution in [0.3, 0.4) is 0 Å². The van der Waals surface area contributed by atoms with Gasteiger partial charge < -0.3 is 20.1 Å². The second-order valence-corrected chi connectivity index (χ2v) is 10.4. The minimum atomic E-state index is -3.89. The summed E-state index contributed by atoms with van der Waals surface area (Å²) in [5.74, 6) is -1.50. The van der Waals surface area contributed by atoms with Gasteiger partial charge in [-0.25, -0.2) is 17.5 Å². The summed E-state index contributed by atoms with van der Waals surface area (Å²) in [6, 6.07) is 17.0. The molecule has 1 heterocycles. The van der Waals surface area contributed by atoms with Gasteiger partial charge in [-0.2, -0.15) is 0 Å².